The number of allylic oxidation sites excluding steroid dienone is 1. The van der Waals surface area contributed by atoms with E-state index in [-0.39, 0.29) is 47.3 Å². The molecule has 4 nitrogen and oxygen atoms in total. The molecule has 1 aliphatic carbocycles. The predicted octanol–water partition coefficient (Wildman–Crippen LogP) is 4.64. The van der Waals surface area contributed by atoms with Crippen LogP contribution >= 0.6 is 0 Å². The number of ether oxygens (including phenoxy) is 1. The standard InChI is InChI=1S/C20H34O4Si/c1-14-9-7-8-10-15-16(13-19(22)23-14)18(12-11-17(15)21)24-25(5,6)20(2,3)4/h11-12,14-16,18H,7-10,13H2,1-6H3/t14-,15-,16-,18+/m1/s1. The van der Waals surface area contributed by atoms with Crippen molar-refractivity contribution >= 4 is 20.1 Å². The summed E-state index contributed by atoms with van der Waals surface area (Å²) in [6.45, 7) is 13.0. The summed E-state index contributed by atoms with van der Waals surface area (Å²) in [4.78, 5) is 24.9. The van der Waals surface area contributed by atoms with Crippen molar-refractivity contribution in [3.05, 3.63) is 12.2 Å². The van der Waals surface area contributed by atoms with E-state index < -0.39 is 8.32 Å². The summed E-state index contributed by atoms with van der Waals surface area (Å²) in [5.74, 6) is -0.289. The van der Waals surface area contributed by atoms with E-state index in [0.29, 0.717) is 0 Å². The van der Waals surface area contributed by atoms with Crippen LogP contribution < -0.4 is 0 Å². The number of ketones is 1. The molecule has 0 aromatic heterocycles. The summed E-state index contributed by atoms with van der Waals surface area (Å²) in [5.41, 5.74) is 0. The van der Waals surface area contributed by atoms with E-state index in [4.69, 9.17) is 9.16 Å². The lowest BCUT2D eigenvalue weighted by molar-refractivity contribution is -0.152. The van der Waals surface area contributed by atoms with Crippen LogP contribution in [-0.4, -0.2) is 32.3 Å². The minimum Gasteiger partial charge on any atom is -0.463 e. The maximum Gasteiger partial charge on any atom is 0.306 e. The molecule has 1 aliphatic heterocycles. The average Bonchev–Trinajstić information content (AvgIpc) is 2.47. The number of esters is 1. The summed E-state index contributed by atoms with van der Waals surface area (Å²) in [5, 5.41) is 0.0861. The van der Waals surface area contributed by atoms with Crippen LogP contribution in [0.25, 0.3) is 0 Å². The highest BCUT2D eigenvalue weighted by Crippen LogP contribution is 2.41. The first-order valence-corrected chi connectivity index (χ1v) is 12.5. The number of carbonyl (C=O) groups excluding carboxylic acids is 2. The Balaban J connectivity index is 2.26. The Morgan fingerprint density at radius 2 is 1.80 bits per heavy atom. The van der Waals surface area contributed by atoms with Gasteiger partial charge in [0.1, 0.15) is 0 Å². The Kier molecular flexibility index (Phi) is 6.31. The van der Waals surface area contributed by atoms with Crippen LogP contribution in [0.5, 0.6) is 0 Å². The third-order valence-corrected chi connectivity index (χ3v) is 10.6. The van der Waals surface area contributed by atoms with Crippen LogP contribution in [0.15, 0.2) is 12.2 Å². The molecule has 0 saturated carbocycles. The second-order valence-electron chi connectivity index (χ2n) is 9.16. The van der Waals surface area contributed by atoms with Gasteiger partial charge in [-0.05, 0) is 50.4 Å². The van der Waals surface area contributed by atoms with Crippen molar-refractivity contribution in [2.45, 2.75) is 90.1 Å². The van der Waals surface area contributed by atoms with Crippen LogP contribution in [0.1, 0.15) is 59.8 Å². The monoisotopic (exact) mass is 366 g/mol. The predicted molar refractivity (Wildman–Crippen MR) is 102 cm³/mol. The Hall–Kier alpha value is -0.943. The van der Waals surface area contributed by atoms with Crippen LogP contribution in [0.4, 0.5) is 0 Å². The summed E-state index contributed by atoms with van der Waals surface area (Å²) < 4.78 is 12.1. The number of rotatable bonds is 2. The van der Waals surface area contributed by atoms with E-state index in [0.717, 1.165) is 25.7 Å². The molecular formula is C20H34O4Si. The zero-order valence-electron chi connectivity index (χ0n) is 16.6. The summed E-state index contributed by atoms with van der Waals surface area (Å²) in [6, 6.07) is 0. The van der Waals surface area contributed by atoms with Crippen LogP contribution in [-0.2, 0) is 18.8 Å². The lowest BCUT2D eigenvalue weighted by atomic mass is 9.75. The number of hydrogen-bond donors (Lipinski definition) is 0. The second kappa shape index (κ2) is 7.75. The molecule has 0 spiro atoms. The van der Waals surface area contributed by atoms with Crippen molar-refractivity contribution in [2.24, 2.45) is 11.8 Å². The van der Waals surface area contributed by atoms with Crippen molar-refractivity contribution < 1.29 is 18.8 Å². The Morgan fingerprint density at radius 3 is 2.44 bits per heavy atom. The van der Waals surface area contributed by atoms with Crippen LogP contribution in [0.2, 0.25) is 18.1 Å². The highest BCUT2D eigenvalue weighted by Gasteiger charge is 2.44. The molecule has 25 heavy (non-hydrogen) atoms. The van der Waals surface area contributed by atoms with Gasteiger partial charge in [0.25, 0.3) is 0 Å². The number of fused-ring (bicyclic) bond motifs is 1. The maximum absolute atomic E-state index is 12.5. The van der Waals surface area contributed by atoms with E-state index in [1.54, 1.807) is 6.08 Å². The minimum absolute atomic E-state index is 0.0429. The molecular weight excluding hydrogens is 332 g/mol. The highest BCUT2D eigenvalue weighted by molar-refractivity contribution is 6.74. The van der Waals surface area contributed by atoms with Gasteiger partial charge in [-0.15, -0.1) is 0 Å². The molecule has 0 aromatic carbocycles. The van der Waals surface area contributed by atoms with Crippen molar-refractivity contribution in [1.29, 1.82) is 0 Å². The number of carbonyl (C=O) groups is 2. The van der Waals surface area contributed by atoms with Crippen molar-refractivity contribution in [1.82, 2.24) is 0 Å². The van der Waals surface area contributed by atoms with Gasteiger partial charge in [0.15, 0.2) is 14.1 Å². The van der Waals surface area contributed by atoms with Gasteiger partial charge in [0.05, 0.1) is 18.6 Å². The summed E-state index contributed by atoms with van der Waals surface area (Å²) >= 11 is 0. The molecule has 1 fully saturated rings. The summed E-state index contributed by atoms with van der Waals surface area (Å²) in [7, 11) is -1.99. The third-order valence-electron chi connectivity index (χ3n) is 6.10. The SMILES string of the molecule is C[C@@H]1CCCC[C@H]2C(=O)C=C[C@H](O[Si](C)(C)C(C)(C)C)[C@@H]2CC(=O)O1. The van der Waals surface area contributed by atoms with Crippen molar-refractivity contribution in [3.8, 4) is 0 Å². The van der Waals surface area contributed by atoms with Gasteiger partial charge >= 0.3 is 5.97 Å². The molecule has 142 valence electrons. The molecule has 0 unspecified atom stereocenters. The third kappa shape index (κ3) is 5.04. The van der Waals surface area contributed by atoms with E-state index in [1.165, 1.54) is 0 Å². The van der Waals surface area contributed by atoms with Crippen molar-refractivity contribution in [2.75, 3.05) is 0 Å². The van der Waals surface area contributed by atoms with Crippen LogP contribution in [0.3, 0.4) is 0 Å². The molecule has 5 heteroatoms. The van der Waals surface area contributed by atoms with Gasteiger partial charge in [0, 0.05) is 11.8 Å². The number of hydrogen-bond acceptors (Lipinski definition) is 4. The van der Waals surface area contributed by atoms with Crippen molar-refractivity contribution in [3.63, 3.8) is 0 Å². The van der Waals surface area contributed by atoms with Gasteiger partial charge in [-0.25, -0.2) is 0 Å². The Bertz CT molecular complexity index is 532. The molecule has 2 rings (SSSR count). The molecule has 4 atom stereocenters. The molecule has 1 heterocycles. The molecule has 0 amide bonds. The van der Waals surface area contributed by atoms with Gasteiger partial charge < -0.3 is 9.16 Å². The Morgan fingerprint density at radius 1 is 1.16 bits per heavy atom. The van der Waals surface area contributed by atoms with Gasteiger partial charge in [-0.2, -0.15) is 0 Å². The van der Waals surface area contributed by atoms with E-state index in [1.807, 2.05) is 13.0 Å². The molecule has 1 saturated heterocycles. The average molecular weight is 367 g/mol. The Labute approximate surface area is 153 Å². The first-order valence-electron chi connectivity index (χ1n) is 9.60. The fourth-order valence-electron chi connectivity index (χ4n) is 3.47. The molecule has 0 aromatic rings. The zero-order chi connectivity index (χ0) is 18.8. The van der Waals surface area contributed by atoms with E-state index in [2.05, 4.69) is 33.9 Å². The quantitative estimate of drug-likeness (QED) is 0.527. The highest BCUT2D eigenvalue weighted by atomic mass is 28.4. The topological polar surface area (TPSA) is 52.6 Å². The fraction of sp³-hybridized carbons (Fsp3) is 0.800. The number of cyclic esters (lactones) is 1. The lowest BCUT2D eigenvalue weighted by Crippen LogP contribution is -2.48. The minimum atomic E-state index is -1.99. The summed E-state index contributed by atoms with van der Waals surface area (Å²) in [6.07, 6.45) is 7.31. The van der Waals surface area contributed by atoms with Gasteiger partial charge in [-0.3, -0.25) is 9.59 Å². The largest absolute Gasteiger partial charge is 0.463 e. The molecule has 0 bridgehead atoms. The maximum atomic E-state index is 12.5. The smallest absolute Gasteiger partial charge is 0.306 e. The van der Waals surface area contributed by atoms with E-state index >= 15 is 0 Å². The second-order valence-corrected chi connectivity index (χ2v) is 13.9. The fourth-order valence-corrected chi connectivity index (χ4v) is 4.76. The molecule has 0 N–H and O–H groups in total. The lowest BCUT2D eigenvalue weighted by Gasteiger charge is -2.43. The van der Waals surface area contributed by atoms with Gasteiger partial charge in [-0.1, -0.05) is 33.3 Å². The van der Waals surface area contributed by atoms with Crippen LogP contribution in [0, 0.1) is 11.8 Å². The van der Waals surface area contributed by atoms with Gasteiger partial charge in [0.2, 0.25) is 0 Å². The van der Waals surface area contributed by atoms with E-state index in [9.17, 15) is 9.59 Å². The molecule has 2 aliphatic rings. The molecule has 0 radical (unpaired) electrons. The normalized spacial score (nSPS) is 32.1. The first-order chi connectivity index (χ1) is 11.5. The first kappa shape index (κ1) is 20.4. The zero-order valence-corrected chi connectivity index (χ0v) is 17.6.